The summed E-state index contributed by atoms with van der Waals surface area (Å²) >= 11 is 0. The summed E-state index contributed by atoms with van der Waals surface area (Å²) in [5, 5.41) is 8.65. The highest BCUT2D eigenvalue weighted by Gasteiger charge is 2.18. The zero-order valence-corrected chi connectivity index (χ0v) is 9.71. The third kappa shape index (κ3) is 3.23. The van der Waals surface area contributed by atoms with Crippen LogP contribution in [0.1, 0.15) is 30.9 Å². The van der Waals surface area contributed by atoms with Crippen LogP contribution in [0.4, 0.5) is 8.78 Å². The fourth-order valence-electron chi connectivity index (χ4n) is 1.54. The summed E-state index contributed by atoms with van der Waals surface area (Å²) in [4.78, 5) is 10.6. The Hall–Kier alpha value is -1.49. The van der Waals surface area contributed by atoms with Crippen molar-refractivity contribution in [1.82, 2.24) is 0 Å². The van der Waals surface area contributed by atoms with Gasteiger partial charge in [-0.05, 0) is 23.1 Å². The van der Waals surface area contributed by atoms with Gasteiger partial charge in [-0.15, -0.1) is 0 Å². The van der Waals surface area contributed by atoms with Gasteiger partial charge in [0.25, 0.3) is 0 Å². The molecule has 1 aromatic rings. The highest BCUT2D eigenvalue weighted by molar-refractivity contribution is 5.73. The third-order valence-electron chi connectivity index (χ3n) is 2.54. The van der Waals surface area contributed by atoms with Gasteiger partial charge in [-0.25, -0.2) is 8.78 Å². The molecule has 0 bridgehead atoms. The van der Waals surface area contributed by atoms with Crippen molar-refractivity contribution in [2.24, 2.45) is 5.73 Å². The molecule has 17 heavy (non-hydrogen) atoms. The van der Waals surface area contributed by atoms with Crippen LogP contribution in [-0.2, 0) is 11.2 Å². The van der Waals surface area contributed by atoms with Crippen molar-refractivity contribution < 1.29 is 18.7 Å². The molecular weight excluding hydrogens is 228 g/mol. The summed E-state index contributed by atoms with van der Waals surface area (Å²) in [7, 11) is 0. The largest absolute Gasteiger partial charge is 0.480 e. The summed E-state index contributed by atoms with van der Waals surface area (Å²) < 4.78 is 26.8. The van der Waals surface area contributed by atoms with Crippen LogP contribution in [0.15, 0.2) is 12.1 Å². The number of carboxylic acid groups (broad SMARTS) is 1. The Kier molecular flexibility index (Phi) is 4.17. The van der Waals surface area contributed by atoms with E-state index in [1.54, 1.807) is 13.8 Å². The summed E-state index contributed by atoms with van der Waals surface area (Å²) in [6, 6.07) is 0.937. The molecule has 1 unspecified atom stereocenters. The molecule has 0 saturated carbocycles. The van der Waals surface area contributed by atoms with Crippen LogP contribution in [-0.4, -0.2) is 17.1 Å². The van der Waals surface area contributed by atoms with E-state index in [0.717, 1.165) is 6.07 Å². The normalized spacial score (nSPS) is 12.8. The van der Waals surface area contributed by atoms with Crippen molar-refractivity contribution in [3.8, 4) is 0 Å². The smallest absolute Gasteiger partial charge is 0.320 e. The maximum absolute atomic E-state index is 13.4. The van der Waals surface area contributed by atoms with E-state index in [1.807, 2.05) is 0 Å². The number of nitrogens with two attached hydrogens (primary N) is 1. The number of halogens is 2. The Labute approximate surface area is 98.2 Å². The minimum Gasteiger partial charge on any atom is -0.480 e. The number of carboxylic acids is 1. The Bertz CT molecular complexity index is 433. The molecule has 0 radical (unpaired) electrons. The van der Waals surface area contributed by atoms with Crippen LogP contribution in [0, 0.1) is 11.6 Å². The number of hydrogen-bond donors (Lipinski definition) is 2. The average molecular weight is 243 g/mol. The molecule has 3 N–H and O–H groups in total. The first-order chi connectivity index (χ1) is 7.82. The molecule has 0 heterocycles. The second-order valence-electron chi connectivity index (χ2n) is 4.27. The SMILES string of the molecule is CC(C)c1cc(CC(N)C(=O)O)c(F)cc1F. The van der Waals surface area contributed by atoms with Crippen molar-refractivity contribution in [3.05, 3.63) is 34.9 Å². The second-order valence-corrected chi connectivity index (χ2v) is 4.27. The van der Waals surface area contributed by atoms with Gasteiger partial charge >= 0.3 is 5.97 Å². The van der Waals surface area contributed by atoms with E-state index >= 15 is 0 Å². The first-order valence-electron chi connectivity index (χ1n) is 5.29. The van der Waals surface area contributed by atoms with Crippen LogP contribution in [0.25, 0.3) is 0 Å². The van der Waals surface area contributed by atoms with E-state index in [0.29, 0.717) is 5.56 Å². The highest BCUT2D eigenvalue weighted by Crippen LogP contribution is 2.22. The first kappa shape index (κ1) is 13.6. The van der Waals surface area contributed by atoms with E-state index in [9.17, 15) is 13.6 Å². The van der Waals surface area contributed by atoms with Gasteiger partial charge in [0.15, 0.2) is 0 Å². The molecule has 94 valence electrons. The van der Waals surface area contributed by atoms with Gasteiger partial charge in [0.2, 0.25) is 0 Å². The fourth-order valence-corrected chi connectivity index (χ4v) is 1.54. The van der Waals surface area contributed by atoms with Crippen molar-refractivity contribution >= 4 is 5.97 Å². The van der Waals surface area contributed by atoms with Gasteiger partial charge in [0.1, 0.15) is 17.7 Å². The lowest BCUT2D eigenvalue weighted by Gasteiger charge is -2.12. The Morgan fingerprint density at radius 2 is 1.94 bits per heavy atom. The monoisotopic (exact) mass is 243 g/mol. The lowest BCUT2D eigenvalue weighted by atomic mass is 9.97. The Morgan fingerprint density at radius 1 is 1.35 bits per heavy atom. The number of aliphatic carboxylic acids is 1. The van der Waals surface area contributed by atoms with Crippen molar-refractivity contribution in [2.75, 3.05) is 0 Å². The standard InChI is InChI=1S/C12H15F2NO2/c1-6(2)8-3-7(4-11(15)12(16)17)9(13)5-10(8)14/h3,5-6,11H,4,15H2,1-2H3,(H,16,17). The fraction of sp³-hybridized carbons (Fsp3) is 0.417. The van der Waals surface area contributed by atoms with Gasteiger partial charge in [0.05, 0.1) is 0 Å². The number of rotatable bonds is 4. The molecule has 5 heteroatoms. The predicted octanol–water partition coefficient (Wildman–Crippen LogP) is 2.04. The number of carbonyl (C=O) groups is 1. The van der Waals surface area contributed by atoms with Gasteiger partial charge in [-0.3, -0.25) is 4.79 Å². The van der Waals surface area contributed by atoms with Crippen LogP contribution < -0.4 is 5.73 Å². The highest BCUT2D eigenvalue weighted by atomic mass is 19.1. The zero-order valence-electron chi connectivity index (χ0n) is 9.71. The molecule has 0 aliphatic heterocycles. The minimum atomic E-state index is -1.21. The molecule has 0 saturated heterocycles. The molecule has 0 aliphatic carbocycles. The van der Waals surface area contributed by atoms with Crippen LogP contribution in [0.3, 0.4) is 0 Å². The third-order valence-corrected chi connectivity index (χ3v) is 2.54. The van der Waals surface area contributed by atoms with E-state index in [1.165, 1.54) is 6.07 Å². The van der Waals surface area contributed by atoms with E-state index in [4.69, 9.17) is 10.8 Å². The first-order valence-corrected chi connectivity index (χ1v) is 5.29. The Morgan fingerprint density at radius 3 is 2.41 bits per heavy atom. The molecular formula is C12H15F2NO2. The molecule has 0 spiro atoms. The van der Waals surface area contributed by atoms with Crippen molar-refractivity contribution in [1.29, 1.82) is 0 Å². The molecule has 1 rings (SSSR count). The lowest BCUT2D eigenvalue weighted by Crippen LogP contribution is -2.32. The van der Waals surface area contributed by atoms with E-state index in [2.05, 4.69) is 0 Å². The predicted molar refractivity (Wildman–Crippen MR) is 59.8 cm³/mol. The number of benzene rings is 1. The molecule has 0 aromatic heterocycles. The van der Waals surface area contributed by atoms with Gasteiger partial charge < -0.3 is 10.8 Å². The van der Waals surface area contributed by atoms with E-state index in [-0.39, 0.29) is 17.9 Å². The topological polar surface area (TPSA) is 63.3 Å². The number of hydrogen-bond acceptors (Lipinski definition) is 2. The van der Waals surface area contributed by atoms with Gasteiger partial charge in [-0.2, -0.15) is 0 Å². The van der Waals surface area contributed by atoms with Crippen LogP contribution in [0.5, 0.6) is 0 Å². The quantitative estimate of drug-likeness (QED) is 0.850. The van der Waals surface area contributed by atoms with Crippen LogP contribution in [0.2, 0.25) is 0 Å². The zero-order chi connectivity index (χ0) is 13.2. The van der Waals surface area contributed by atoms with Crippen molar-refractivity contribution in [2.45, 2.75) is 32.2 Å². The van der Waals surface area contributed by atoms with Gasteiger partial charge in [-0.1, -0.05) is 13.8 Å². The average Bonchev–Trinajstić information content (AvgIpc) is 2.21. The maximum atomic E-state index is 13.4. The molecule has 0 aliphatic rings. The lowest BCUT2D eigenvalue weighted by molar-refractivity contribution is -0.138. The van der Waals surface area contributed by atoms with Gasteiger partial charge in [0, 0.05) is 12.5 Å². The molecule has 3 nitrogen and oxygen atoms in total. The van der Waals surface area contributed by atoms with E-state index < -0.39 is 23.6 Å². The second kappa shape index (κ2) is 5.23. The van der Waals surface area contributed by atoms with Crippen molar-refractivity contribution in [3.63, 3.8) is 0 Å². The summed E-state index contributed by atoms with van der Waals surface area (Å²) in [5.74, 6) is -2.69. The van der Waals surface area contributed by atoms with Crippen LogP contribution >= 0.6 is 0 Å². The molecule has 0 fully saturated rings. The maximum Gasteiger partial charge on any atom is 0.320 e. The summed E-state index contributed by atoms with van der Waals surface area (Å²) in [6.07, 6.45) is -0.152. The molecule has 0 amide bonds. The summed E-state index contributed by atoms with van der Waals surface area (Å²) in [5.41, 5.74) is 5.81. The Balaban J connectivity index is 3.07. The molecule has 1 atom stereocenters. The minimum absolute atomic E-state index is 0.101. The summed E-state index contributed by atoms with van der Waals surface area (Å²) in [6.45, 7) is 3.55. The molecule has 1 aromatic carbocycles.